The number of carbonyl (C=O) groups is 2. The molecular formula is C26H25ClN2O4. The summed E-state index contributed by atoms with van der Waals surface area (Å²) in [5.74, 6) is -0.611. The molecule has 7 heteroatoms. The monoisotopic (exact) mass is 464 g/mol. The van der Waals surface area contributed by atoms with Gasteiger partial charge in [-0.15, -0.1) is 0 Å². The van der Waals surface area contributed by atoms with Gasteiger partial charge < -0.3 is 20.4 Å². The number of rotatable bonds is 6. The summed E-state index contributed by atoms with van der Waals surface area (Å²) in [7, 11) is 0. The van der Waals surface area contributed by atoms with Crippen molar-refractivity contribution < 1.29 is 19.8 Å². The van der Waals surface area contributed by atoms with Crippen molar-refractivity contribution in [2.45, 2.75) is 31.7 Å². The molecule has 0 saturated carbocycles. The summed E-state index contributed by atoms with van der Waals surface area (Å²) < 4.78 is 0. The SMILES string of the molecule is O=C(NCc1ccc(Cl)cc1)[C@@H]1C[C@@H](O)CN1C(=O)c1cccc(-c2cccc(CO)c2)c1. The first-order chi connectivity index (χ1) is 15.9. The molecule has 170 valence electrons. The van der Waals surface area contributed by atoms with E-state index in [1.54, 1.807) is 30.3 Å². The van der Waals surface area contributed by atoms with Crippen molar-refractivity contribution in [3.8, 4) is 11.1 Å². The second-order valence-corrected chi connectivity index (χ2v) is 8.58. The van der Waals surface area contributed by atoms with Crippen molar-refractivity contribution in [3.63, 3.8) is 0 Å². The molecule has 33 heavy (non-hydrogen) atoms. The van der Waals surface area contributed by atoms with Crippen LogP contribution in [0.2, 0.25) is 5.02 Å². The van der Waals surface area contributed by atoms with Crippen LogP contribution in [0.1, 0.15) is 27.9 Å². The van der Waals surface area contributed by atoms with Crippen LogP contribution in [0, 0.1) is 0 Å². The lowest BCUT2D eigenvalue weighted by molar-refractivity contribution is -0.125. The quantitative estimate of drug-likeness (QED) is 0.521. The zero-order chi connectivity index (χ0) is 23.4. The molecule has 3 aromatic rings. The van der Waals surface area contributed by atoms with Crippen LogP contribution >= 0.6 is 11.6 Å². The summed E-state index contributed by atoms with van der Waals surface area (Å²) in [6.07, 6.45) is -0.569. The van der Waals surface area contributed by atoms with Gasteiger partial charge in [0.25, 0.3) is 5.91 Å². The molecule has 6 nitrogen and oxygen atoms in total. The third kappa shape index (κ3) is 5.42. The predicted octanol–water partition coefficient (Wildman–Crippen LogP) is 3.39. The summed E-state index contributed by atoms with van der Waals surface area (Å²) in [4.78, 5) is 27.6. The molecule has 0 radical (unpaired) electrons. The number of aliphatic hydroxyl groups is 2. The van der Waals surface area contributed by atoms with Gasteiger partial charge in [0, 0.05) is 30.1 Å². The largest absolute Gasteiger partial charge is 0.392 e. The average Bonchev–Trinajstić information content (AvgIpc) is 3.25. The molecule has 2 atom stereocenters. The van der Waals surface area contributed by atoms with Crippen LogP contribution in [0.5, 0.6) is 0 Å². The highest BCUT2D eigenvalue weighted by molar-refractivity contribution is 6.30. The minimum Gasteiger partial charge on any atom is -0.392 e. The lowest BCUT2D eigenvalue weighted by atomic mass is 10.0. The number of nitrogens with zero attached hydrogens (tertiary/aromatic N) is 1. The number of nitrogens with one attached hydrogen (secondary N) is 1. The number of carbonyl (C=O) groups excluding carboxylic acids is 2. The maximum absolute atomic E-state index is 13.3. The molecule has 1 fully saturated rings. The first-order valence-corrected chi connectivity index (χ1v) is 11.1. The van der Waals surface area contributed by atoms with Gasteiger partial charge in [0.15, 0.2) is 0 Å². The van der Waals surface area contributed by atoms with E-state index < -0.39 is 12.1 Å². The van der Waals surface area contributed by atoms with E-state index in [4.69, 9.17) is 11.6 Å². The maximum Gasteiger partial charge on any atom is 0.254 e. The van der Waals surface area contributed by atoms with Gasteiger partial charge in [-0.1, -0.05) is 54.1 Å². The molecule has 0 aromatic heterocycles. The van der Waals surface area contributed by atoms with Crippen LogP contribution in [0.25, 0.3) is 11.1 Å². The smallest absolute Gasteiger partial charge is 0.254 e. The molecule has 1 aliphatic heterocycles. The van der Waals surface area contributed by atoms with Crippen LogP contribution < -0.4 is 5.32 Å². The van der Waals surface area contributed by atoms with E-state index in [9.17, 15) is 19.8 Å². The van der Waals surface area contributed by atoms with Gasteiger partial charge in [0.1, 0.15) is 6.04 Å². The van der Waals surface area contributed by atoms with Crippen LogP contribution in [-0.4, -0.2) is 45.6 Å². The number of hydrogen-bond acceptors (Lipinski definition) is 4. The minimum atomic E-state index is -0.760. The summed E-state index contributed by atoms with van der Waals surface area (Å²) in [6, 6.07) is 21.0. The lowest BCUT2D eigenvalue weighted by Gasteiger charge is -2.24. The van der Waals surface area contributed by atoms with E-state index in [-0.39, 0.29) is 31.4 Å². The van der Waals surface area contributed by atoms with Crippen molar-refractivity contribution in [1.29, 1.82) is 0 Å². The Bertz CT molecular complexity index is 1150. The summed E-state index contributed by atoms with van der Waals surface area (Å²) in [5.41, 5.74) is 3.83. The van der Waals surface area contributed by atoms with Crippen molar-refractivity contribution >= 4 is 23.4 Å². The summed E-state index contributed by atoms with van der Waals surface area (Å²) in [5, 5.41) is 23.1. The first-order valence-electron chi connectivity index (χ1n) is 10.8. The summed E-state index contributed by atoms with van der Waals surface area (Å²) >= 11 is 5.90. The second-order valence-electron chi connectivity index (χ2n) is 8.15. The van der Waals surface area contributed by atoms with Gasteiger partial charge in [0.2, 0.25) is 5.91 Å². The molecule has 3 N–H and O–H groups in total. The topological polar surface area (TPSA) is 89.9 Å². The zero-order valence-electron chi connectivity index (χ0n) is 17.9. The molecule has 0 aliphatic carbocycles. The molecule has 0 spiro atoms. The Kier molecular flexibility index (Phi) is 7.08. The number of halogens is 1. The van der Waals surface area contributed by atoms with Gasteiger partial charge in [-0.3, -0.25) is 9.59 Å². The van der Waals surface area contributed by atoms with Crippen molar-refractivity contribution in [2.75, 3.05) is 6.54 Å². The molecule has 1 heterocycles. The third-order valence-corrected chi connectivity index (χ3v) is 6.03. The molecule has 1 aliphatic rings. The number of amides is 2. The fourth-order valence-corrected chi connectivity index (χ4v) is 4.17. The molecule has 3 aromatic carbocycles. The lowest BCUT2D eigenvalue weighted by Crippen LogP contribution is -2.45. The summed E-state index contributed by atoms with van der Waals surface area (Å²) in [6.45, 7) is 0.342. The Hall–Kier alpha value is -3.19. The van der Waals surface area contributed by atoms with E-state index >= 15 is 0 Å². The highest BCUT2D eigenvalue weighted by atomic mass is 35.5. The van der Waals surface area contributed by atoms with Crippen LogP contribution in [0.3, 0.4) is 0 Å². The molecule has 4 rings (SSSR count). The maximum atomic E-state index is 13.3. The number of benzene rings is 3. The number of hydrogen-bond donors (Lipinski definition) is 3. The van der Waals surface area contributed by atoms with Crippen molar-refractivity contribution in [1.82, 2.24) is 10.2 Å². The van der Waals surface area contributed by atoms with Gasteiger partial charge in [-0.2, -0.15) is 0 Å². The van der Waals surface area contributed by atoms with Crippen LogP contribution in [0.4, 0.5) is 0 Å². The average molecular weight is 465 g/mol. The van der Waals surface area contributed by atoms with E-state index in [0.29, 0.717) is 17.1 Å². The predicted molar refractivity (Wildman–Crippen MR) is 127 cm³/mol. The minimum absolute atomic E-state index is 0.0645. The molecular weight excluding hydrogens is 440 g/mol. The Morgan fingerprint density at radius 1 is 0.970 bits per heavy atom. The third-order valence-electron chi connectivity index (χ3n) is 5.77. The highest BCUT2D eigenvalue weighted by Gasteiger charge is 2.39. The van der Waals surface area contributed by atoms with Crippen LogP contribution in [-0.2, 0) is 17.9 Å². The number of likely N-dealkylation sites (tertiary alicyclic amines) is 1. The molecule has 0 bridgehead atoms. The Morgan fingerprint density at radius 3 is 2.39 bits per heavy atom. The standard InChI is InChI=1S/C26H25ClN2O4/c27-22-9-7-17(8-10-22)14-28-25(32)24-13-23(31)15-29(24)26(33)21-6-2-5-20(12-21)19-4-1-3-18(11-19)16-30/h1-12,23-24,30-31H,13-16H2,(H,28,32)/t23-,24+/m1/s1. The normalized spacial score (nSPS) is 17.7. The Balaban J connectivity index is 1.50. The fraction of sp³-hybridized carbons (Fsp3) is 0.231. The van der Waals surface area contributed by atoms with Gasteiger partial charge >= 0.3 is 0 Å². The molecule has 0 unspecified atom stereocenters. The number of aliphatic hydroxyl groups excluding tert-OH is 2. The number of β-amino-alcohol motifs (C(OH)–C–C–N with tert-alkyl or cyclic N) is 1. The van der Waals surface area contributed by atoms with E-state index in [1.807, 2.05) is 42.5 Å². The van der Waals surface area contributed by atoms with E-state index in [0.717, 1.165) is 22.3 Å². The van der Waals surface area contributed by atoms with E-state index in [1.165, 1.54) is 4.90 Å². The zero-order valence-corrected chi connectivity index (χ0v) is 18.7. The fourth-order valence-electron chi connectivity index (χ4n) is 4.04. The molecule has 2 amide bonds. The van der Waals surface area contributed by atoms with E-state index in [2.05, 4.69) is 5.32 Å². The Morgan fingerprint density at radius 2 is 1.67 bits per heavy atom. The second kappa shape index (κ2) is 10.2. The van der Waals surface area contributed by atoms with Crippen LogP contribution in [0.15, 0.2) is 72.8 Å². The van der Waals surface area contributed by atoms with Gasteiger partial charge in [0.05, 0.1) is 12.7 Å². The highest BCUT2D eigenvalue weighted by Crippen LogP contribution is 2.25. The molecule has 1 saturated heterocycles. The van der Waals surface area contributed by atoms with Gasteiger partial charge in [-0.05, 0) is 52.6 Å². The first kappa shape index (κ1) is 23.0. The van der Waals surface area contributed by atoms with Crippen molar-refractivity contribution in [2.24, 2.45) is 0 Å². The van der Waals surface area contributed by atoms with Crippen molar-refractivity contribution in [3.05, 3.63) is 94.5 Å². The Labute approximate surface area is 197 Å². The van der Waals surface area contributed by atoms with Gasteiger partial charge in [-0.25, -0.2) is 0 Å².